The van der Waals surface area contributed by atoms with Gasteiger partial charge in [0.25, 0.3) is 11.5 Å². The summed E-state index contributed by atoms with van der Waals surface area (Å²) in [5, 5.41) is 0. The molecule has 2 heterocycles. The number of carbonyl (C=O) groups excluding carboxylic acids is 2. The maximum atomic E-state index is 13.3. The molecule has 0 saturated heterocycles. The third-order valence-corrected chi connectivity index (χ3v) is 5.80. The fourth-order valence-corrected chi connectivity index (χ4v) is 3.91. The van der Waals surface area contributed by atoms with Crippen LogP contribution in [0.2, 0.25) is 0 Å². The van der Waals surface area contributed by atoms with Crippen molar-refractivity contribution in [1.82, 2.24) is 29.5 Å². The zero-order valence-corrected chi connectivity index (χ0v) is 18.9. The number of nitrogens with one attached hydrogen (secondary N) is 2. The van der Waals surface area contributed by atoms with E-state index in [2.05, 4.69) is 15.8 Å². The molecule has 1 saturated carbocycles. The highest BCUT2D eigenvalue weighted by molar-refractivity contribution is 5.85. The highest BCUT2D eigenvalue weighted by atomic mass is 16.2. The van der Waals surface area contributed by atoms with Gasteiger partial charge in [-0.25, -0.2) is 14.3 Å². The van der Waals surface area contributed by atoms with Gasteiger partial charge in [-0.05, 0) is 23.8 Å². The third kappa shape index (κ3) is 4.74. The molecule has 0 unspecified atom stereocenters. The van der Waals surface area contributed by atoms with Crippen molar-refractivity contribution < 1.29 is 9.59 Å². The quantitative estimate of drug-likeness (QED) is 0.516. The molecule has 2 aromatic heterocycles. The topological polar surface area (TPSA) is 120 Å². The summed E-state index contributed by atoms with van der Waals surface area (Å²) in [5.74, 6) is -0.504. The highest BCUT2D eigenvalue weighted by Gasteiger charge is 2.39. The van der Waals surface area contributed by atoms with Gasteiger partial charge < -0.3 is 4.57 Å². The maximum absolute atomic E-state index is 13.3. The van der Waals surface area contributed by atoms with E-state index in [9.17, 15) is 19.2 Å². The van der Waals surface area contributed by atoms with E-state index in [-0.39, 0.29) is 35.5 Å². The first-order chi connectivity index (χ1) is 15.8. The summed E-state index contributed by atoms with van der Waals surface area (Å²) < 4.78 is 4.01. The molecule has 2 atom stereocenters. The number of hydrazine groups is 1. The first-order valence-electron chi connectivity index (χ1n) is 11.1. The van der Waals surface area contributed by atoms with Gasteiger partial charge in [0, 0.05) is 12.5 Å². The second-order valence-corrected chi connectivity index (χ2v) is 9.07. The number of carbonyl (C=O) groups is 2. The summed E-state index contributed by atoms with van der Waals surface area (Å²) in [4.78, 5) is 55.4. The molecule has 1 aliphatic rings. The van der Waals surface area contributed by atoms with E-state index in [0.29, 0.717) is 12.5 Å². The zero-order chi connectivity index (χ0) is 23.7. The summed E-state index contributed by atoms with van der Waals surface area (Å²) in [5.41, 5.74) is 4.88. The van der Waals surface area contributed by atoms with Crippen LogP contribution in [0.25, 0.3) is 11.2 Å². The van der Waals surface area contributed by atoms with Crippen LogP contribution < -0.4 is 22.1 Å². The van der Waals surface area contributed by atoms with Crippen LogP contribution in [-0.4, -0.2) is 30.5 Å². The normalized spacial score (nSPS) is 17.3. The molecule has 1 aromatic carbocycles. The standard InChI is InChI=1S/C23H28N6O4/c1-14(2)10-27-13-24-20-19(27)22(32)29(12-18(30)25-26-21(31)17-9-15(17)3)23(33)28(20)11-16-7-5-4-6-8-16/h4-8,13-15,17H,9-12H2,1-3H3,(H,25,30)(H,26,31)/t15-,17+/m1/s1. The van der Waals surface area contributed by atoms with Crippen LogP contribution in [0.4, 0.5) is 0 Å². The lowest BCUT2D eigenvalue weighted by Gasteiger charge is -2.14. The Hall–Kier alpha value is -3.69. The van der Waals surface area contributed by atoms with Crippen LogP contribution in [-0.2, 0) is 29.2 Å². The average Bonchev–Trinajstić information content (AvgIpc) is 3.38. The van der Waals surface area contributed by atoms with Crippen molar-refractivity contribution in [2.24, 2.45) is 17.8 Å². The molecule has 3 aromatic rings. The molecular weight excluding hydrogens is 424 g/mol. The Bertz CT molecular complexity index is 1300. The number of imidazole rings is 1. The number of nitrogens with zero attached hydrogens (tertiary/aromatic N) is 4. The van der Waals surface area contributed by atoms with E-state index >= 15 is 0 Å². The van der Waals surface area contributed by atoms with Crippen LogP contribution in [0.5, 0.6) is 0 Å². The second kappa shape index (κ2) is 9.05. The Morgan fingerprint density at radius 2 is 1.82 bits per heavy atom. The van der Waals surface area contributed by atoms with E-state index < -0.39 is 23.7 Å². The van der Waals surface area contributed by atoms with Gasteiger partial charge >= 0.3 is 5.69 Å². The van der Waals surface area contributed by atoms with E-state index in [1.165, 1.54) is 4.57 Å². The molecule has 0 aliphatic heterocycles. The van der Waals surface area contributed by atoms with Crippen molar-refractivity contribution in [3.8, 4) is 0 Å². The SMILES string of the molecule is CC(C)Cn1cnc2c1c(=O)n(CC(=O)NNC(=O)[C@H]1C[C@H]1C)c(=O)n2Cc1ccccc1. The van der Waals surface area contributed by atoms with Crippen molar-refractivity contribution in [3.05, 3.63) is 63.1 Å². The fraction of sp³-hybridized carbons (Fsp3) is 0.435. The summed E-state index contributed by atoms with van der Waals surface area (Å²) in [6, 6.07) is 9.35. The number of rotatable bonds is 7. The fourth-order valence-electron chi connectivity index (χ4n) is 3.91. The number of hydrogen-bond acceptors (Lipinski definition) is 5. The van der Waals surface area contributed by atoms with E-state index in [1.807, 2.05) is 51.1 Å². The summed E-state index contributed by atoms with van der Waals surface area (Å²) in [6.07, 6.45) is 2.33. The predicted molar refractivity (Wildman–Crippen MR) is 122 cm³/mol. The molecule has 0 spiro atoms. The summed E-state index contributed by atoms with van der Waals surface area (Å²) in [6.45, 7) is 6.21. The predicted octanol–water partition coefficient (Wildman–Crippen LogP) is 0.867. The molecule has 1 fully saturated rings. The van der Waals surface area contributed by atoms with Crippen molar-refractivity contribution in [2.75, 3.05) is 0 Å². The minimum atomic E-state index is -0.656. The second-order valence-electron chi connectivity index (χ2n) is 9.07. The summed E-state index contributed by atoms with van der Waals surface area (Å²) in [7, 11) is 0. The van der Waals surface area contributed by atoms with Gasteiger partial charge in [-0.1, -0.05) is 51.1 Å². The molecule has 4 rings (SSSR count). The van der Waals surface area contributed by atoms with Crippen molar-refractivity contribution in [2.45, 2.75) is 46.8 Å². The van der Waals surface area contributed by atoms with Crippen molar-refractivity contribution >= 4 is 23.0 Å². The molecular formula is C23H28N6O4. The molecule has 2 amide bonds. The molecule has 0 radical (unpaired) electrons. The first kappa shape index (κ1) is 22.5. The third-order valence-electron chi connectivity index (χ3n) is 5.80. The van der Waals surface area contributed by atoms with Crippen LogP contribution in [0.15, 0.2) is 46.2 Å². The molecule has 33 heavy (non-hydrogen) atoms. The Kier molecular flexibility index (Phi) is 6.17. The van der Waals surface area contributed by atoms with E-state index in [1.54, 1.807) is 10.9 Å². The number of hydrogen-bond donors (Lipinski definition) is 2. The number of amides is 2. The average molecular weight is 453 g/mol. The minimum absolute atomic E-state index is 0.113. The molecule has 10 heteroatoms. The smallest absolute Gasteiger partial charge is 0.324 e. The molecule has 2 N–H and O–H groups in total. The minimum Gasteiger partial charge on any atom is -0.324 e. The lowest BCUT2D eigenvalue weighted by Crippen LogP contribution is -2.48. The summed E-state index contributed by atoms with van der Waals surface area (Å²) >= 11 is 0. The Morgan fingerprint density at radius 1 is 1.12 bits per heavy atom. The lowest BCUT2D eigenvalue weighted by molar-refractivity contribution is -0.130. The lowest BCUT2D eigenvalue weighted by atomic mass is 10.2. The molecule has 174 valence electrons. The Balaban J connectivity index is 1.70. The van der Waals surface area contributed by atoms with Crippen LogP contribution in [0.3, 0.4) is 0 Å². The van der Waals surface area contributed by atoms with Gasteiger partial charge in [0.1, 0.15) is 6.54 Å². The van der Waals surface area contributed by atoms with Gasteiger partial charge in [0.15, 0.2) is 11.2 Å². The van der Waals surface area contributed by atoms with Crippen LogP contribution >= 0.6 is 0 Å². The highest BCUT2D eigenvalue weighted by Crippen LogP contribution is 2.37. The molecule has 1 aliphatic carbocycles. The molecule has 10 nitrogen and oxygen atoms in total. The Labute approximate surface area is 190 Å². The van der Waals surface area contributed by atoms with Gasteiger partial charge in [0.05, 0.1) is 12.9 Å². The van der Waals surface area contributed by atoms with E-state index in [4.69, 9.17) is 0 Å². The van der Waals surface area contributed by atoms with Crippen molar-refractivity contribution in [1.29, 1.82) is 0 Å². The van der Waals surface area contributed by atoms with Crippen LogP contribution in [0, 0.1) is 17.8 Å². The van der Waals surface area contributed by atoms with Gasteiger partial charge in [-0.3, -0.25) is 29.8 Å². The maximum Gasteiger partial charge on any atom is 0.333 e. The first-order valence-corrected chi connectivity index (χ1v) is 11.1. The monoisotopic (exact) mass is 452 g/mol. The largest absolute Gasteiger partial charge is 0.333 e. The number of fused-ring (bicyclic) bond motifs is 1. The Morgan fingerprint density at radius 3 is 2.45 bits per heavy atom. The number of aromatic nitrogens is 4. The van der Waals surface area contributed by atoms with Crippen LogP contribution in [0.1, 0.15) is 32.8 Å². The van der Waals surface area contributed by atoms with Crippen molar-refractivity contribution in [3.63, 3.8) is 0 Å². The van der Waals surface area contributed by atoms with Gasteiger partial charge in [0.2, 0.25) is 5.91 Å². The van der Waals surface area contributed by atoms with Gasteiger partial charge in [-0.15, -0.1) is 0 Å². The molecule has 0 bridgehead atoms. The number of benzene rings is 1. The zero-order valence-electron chi connectivity index (χ0n) is 18.9. The van der Waals surface area contributed by atoms with E-state index in [0.717, 1.165) is 16.6 Å². The van der Waals surface area contributed by atoms with Gasteiger partial charge in [-0.2, -0.15) is 0 Å².